The molecule has 0 spiro atoms. The highest BCUT2D eigenvalue weighted by Crippen LogP contribution is 2.24. The van der Waals surface area contributed by atoms with Gasteiger partial charge in [0, 0.05) is 16.9 Å². The van der Waals surface area contributed by atoms with E-state index in [-0.39, 0.29) is 5.75 Å². The first-order chi connectivity index (χ1) is 18.4. The number of anilines is 2. The third-order valence-electron chi connectivity index (χ3n) is 5.45. The summed E-state index contributed by atoms with van der Waals surface area (Å²) in [5.74, 6) is -0.692. The molecule has 0 aliphatic carbocycles. The van der Waals surface area contributed by atoms with Crippen LogP contribution in [-0.2, 0) is 14.9 Å². The fourth-order valence-corrected chi connectivity index (χ4v) is 4.18. The maximum Gasteiger partial charge on any atom is 0.573 e. The van der Waals surface area contributed by atoms with E-state index < -0.39 is 34.2 Å². The molecule has 3 N–H and O–H groups in total. The molecule has 4 aromatic rings. The van der Waals surface area contributed by atoms with Gasteiger partial charge in [0.25, 0.3) is 10.1 Å². The number of hydrogen-bond acceptors (Lipinski definition) is 7. The van der Waals surface area contributed by atoms with E-state index in [1.807, 2.05) is 0 Å². The van der Waals surface area contributed by atoms with Gasteiger partial charge in [-0.1, -0.05) is 18.2 Å². The van der Waals surface area contributed by atoms with Gasteiger partial charge in [0.2, 0.25) is 5.91 Å². The molecule has 1 unspecified atom stereocenters. The first-order valence-corrected chi connectivity index (χ1v) is 12.8. The van der Waals surface area contributed by atoms with E-state index in [0.717, 1.165) is 17.7 Å². The lowest BCUT2D eigenvalue weighted by Gasteiger charge is -2.18. The zero-order valence-corrected chi connectivity index (χ0v) is 21.1. The molecule has 0 radical (unpaired) electrons. The average Bonchev–Trinajstić information content (AvgIpc) is 3.35. The lowest BCUT2D eigenvalue weighted by atomic mass is 10.2. The van der Waals surface area contributed by atoms with E-state index in [1.165, 1.54) is 23.1 Å². The zero-order chi connectivity index (χ0) is 28.2. The van der Waals surface area contributed by atoms with Crippen molar-refractivity contribution >= 4 is 27.4 Å². The quantitative estimate of drug-likeness (QED) is 0.248. The number of halogens is 3. The highest BCUT2D eigenvalue weighted by molar-refractivity contribution is 7.86. The molecule has 1 aromatic heterocycles. The molecule has 1 amide bonds. The third-order valence-corrected chi connectivity index (χ3v) is 6.45. The second-order valence-electron chi connectivity index (χ2n) is 8.35. The van der Waals surface area contributed by atoms with Crippen molar-refractivity contribution in [2.45, 2.75) is 25.1 Å². The molecule has 3 aromatic carbocycles. The number of carbonyl (C=O) groups excluding carboxylic acids is 1. The van der Waals surface area contributed by atoms with Crippen LogP contribution in [-0.4, -0.2) is 45.4 Å². The molecular weight excluding hydrogens is 539 g/mol. The van der Waals surface area contributed by atoms with Crippen LogP contribution >= 0.6 is 0 Å². The van der Waals surface area contributed by atoms with Gasteiger partial charge < -0.3 is 15.4 Å². The number of benzene rings is 3. The van der Waals surface area contributed by atoms with Crippen LogP contribution in [0.1, 0.15) is 12.0 Å². The summed E-state index contributed by atoms with van der Waals surface area (Å²) in [5.41, 5.74) is 2.62. The summed E-state index contributed by atoms with van der Waals surface area (Å²) in [5, 5.41) is 8.03. The molecule has 4 rings (SSSR count). The Morgan fingerprint density at radius 2 is 1.72 bits per heavy atom. The summed E-state index contributed by atoms with van der Waals surface area (Å²) in [4.78, 5) is 16.7. The molecule has 0 bridgehead atoms. The number of rotatable bonds is 9. The standard InChI is InChI=1S/C25H22F3N5O5S/c1-16-4-2-3-5-21(16)31-23(39(35,36)37)14-22(34)30-18-8-6-17(7-9-18)24-29-15-33(32-24)19-10-12-20(13-11-19)38-25(26,27)28/h2-13,15,23,31H,14H2,1H3,(H,30,34)(H,35,36,37). The highest BCUT2D eigenvalue weighted by atomic mass is 32.2. The van der Waals surface area contributed by atoms with Crippen LogP contribution in [0, 0.1) is 6.92 Å². The number of para-hydroxylation sites is 1. The minimum absolute atomic E-state index is 0.317. The van der Waals surface area contributed by atoms with Crippen molar-refractivity contribution in [3.63, 3.8) is 0 Å². The SMILES string of the molecule is Cc1ccccc1NC(CC(=O)Nc1ccc(-c2ncn(-c3ccc(OC(F)(F)F)cc3)n2)cc1)S(=O)(=O)O. The summed E-state index contributed by atoms with van der Waals surface area (Å²) in [6, 6.07) is 18.3. The van der Waals surface area contributed by atoms with Crippen LogP contribution in [0.2, 0.25) is 0 Å². The number of alkyl halides is 3. The Balaban J connectivity index is 1.40. The van der Waals surface area contributed by atoms with Crippen molar-refractivity contribution in [2.75, 3.05) is 10.6 Å². The van der Waals surface area contributed by atoms with Gasteiger partial charge in [0.05, 0.1) is 12.1 Å². The van der Waals surface area contributed by atoms with E-state index in [1.54, 1.807) is 55.5 Å². The maximum atomic E-state index is 12.5. The van der Waals surface area contributed by atoms with E-state index in [4.69, 9.17) is 0 Å². The average molecular weight is 562 g/mol. The lowest BCUT2D eigenvalue weighted by Crippen LogP contribution is -2.33. The Labute approximate surface area is 221 Å². The third kappa shape index (κ3) is 7.55. The minimum atomic E-state index is -4.79. The Bertz CT molecular complexity index is 1560. The van der Waals surface area contributed by atoms with Crippen LogP contribution in [0.15, 0.2) is 79.1 Å². The molecule has 1 atom stereocenters. The summed E-state index contributed by atoms with van der Waals surface area (Å²) >= 11 is 0. The Morgan fingerprint density at radius 1 is 1.05 bits per heavy atom. The fourth-order valence-electron chi connectivity index (χ4n) is 3.54. The van der Waals surface area contributed by atoms with Gasteiger partial charge in [-0.3, -0.25) is 9.35 Å². The van der Waals surface area contributed by atoms with Crippen LogP contribution in [0.3, 0.4) is 0 Å². The molecule has 10 nitrogen and oxygen atoms in total. The van der Waals surface area contributed by atoms with Gasteiger partial charge in [-0.2, -0.15) is 8.42 Å². The predicted molar refractivity (Wildman–Crippen MR) is 137 cm³/mol. The van der Waals surface area contributed by atoms with Crippen molar-refractivity contribution in [1.82, 2.24) is 14.8 Å². The van der Waals surface area contributed by atoms with Crippen LogP contribution < -0.4 is 15.4 Å². The van der Waals surface area contributed by atoms with Crippen LogP contribution in [0.25, 0.3) is 17.1 Å². The number of aromatic nitrogens is 3. The van der Waals surface area contributed by atoms with Gasteiger partial charge in [-0.15, -0.1) is 18.3 Å². The molecule has 0 saturated heterocycles. The zero-order valence-electron chi connectivity index (χ0n) is 20.3. The van der Waals surface area contributed by atoms with Gasteiger partial charge in [-0.05, 0) is 67.1 Å². The monoisotopic (exact) mass is 561 g/mol. The van der Waals surface area contributed by atoms with Crippen molar-refractivity contribution in [3.8, 4) is 22.8 Å². The number of hydrogen-bond donors (Lipinski definition) is 3. The molecule has 0 saturated carbocycles. The van der Waals surface area contributed by atoms with E-state index in [0.29, 0.717) is 28.5 Å². The second-order valence-corrected chi connectivity index (χ2v) is 9.95. The Morgan fingerprint density at radius 3 is 2.33 bits per heavy atom. The molecule has 204 valence electrons. The van der Waals surface area contributed by atoms with Crippen molar-refractivity contribution < 1.29 is 35.7 Å². The molecule has 0 fully saturated rings. The summed E-state index contributed by atoms with van der Waals surface area (Å²) in [6.45, 7) is 1.76. The summed E-state index contributed by atoms with van der Waals surface area (Å²) < 4.78 is 75.6. The number of nitrogens with zero attached hydrogens (tertiary/aromatic N) is 3. The number of nitrogens with one attached hydrogen (secondary N) is 2. The van der Waals surface area contributed by atoms with Crippen molar-refractivity contribution in [3.05, 3.63) is 84.7 Å². The molecule has 0 aliphatic heterocycles. The fraction of sp³-hybridized carbons (Fsp3) is 0.160. The Kier molecular flexibility index (Phi) is 7.88. The highest BCUT2D eigenvalue weighted by Gasteiger charge is 2.31. The van der Waals surface area contributed by atoms with E-state index in [9.17, 15) is 30.9 Å². The lowest BCUT2D eigenvalue weighted by molar-refractivity contribution is -0.274. The minimum Gasteiger partial charge on any atom is -0.406 e. The first-order valence-electron chi connectivity index (χ1n) is 11.3. The van der Waals surface area contributed by atoms with Gasteiger partial charge in [0.15, 0.2) is 11.2 Å². The predicted octanol–water partition coefficient (Wildman–Crippen LogP) is 4.80. The molecule has 0 aliphatic rings. The molecule has 39 heavy (non-hydrogen) atoms. The van der Waals surface area contributed by atoms with Gasteiger partial charge in [-0.25, -0.2) is 9.67 Å². The van der Waals surface area contributed by atoms with Gasteiger partial charge in [0.1, 0.15) is 12.1 Å². The van der Waals surface area contributed by atoms with Gasteiger partial charge >= 0.3 is 6.36 Å². The summed E-state index contributed by atoms with van der Waals surface area (Å²) in [6.07, 6.45) is -3.95. The molecule has 1 heterocycles. The van der Waals surface area contributed by atoms with Crippen LogP contribution in [0.5, 0.6) is 5.75 Å². The summed E-state index contributed by atoms with van der Waals surface area (Å²) in [7, 11) is -4.59. The first kappa shape index (κ1) is 27.6. The number of amides is 1. The smallest absolute Gasteiger partial charge is 0.406 e. The maximum absolute atomic E-state index is 12.5. The number of aryl methyl sites for hydroxylation is 1. The molecular formula is C25H22F3N5O5S. The van der Waals surface area contributed by atoms with Crippen molar-refractivity contribution in [1.29, 1.82) is 0 Å². The topological polar surface area (TPSA) is 135 Å². The number of carbonyl (C=O) groups is 1. The van der Waals surface area contributed by atoms with E-state index >= 15 is 0 Å². The number of ether oxygens (including phenoxy) is 1. The van der Waals surface area contributed by atoms with Crippen molar-refractivity contribution in [2.24, 2.45) is 0 Å². The Hall–Kier alpha value is -4.43. The van der Waals surface area contributed by atoms with E-state index in [2.05, 4.69) is 25.5 Å². The second kappa shape index (κ2) is 11.1. The molecule has 14 heteroatoms. The normalized spacial score (nSPS) is 12.5. The largest absolute Gasteiger partial charge is 0.573 e. The van der Waals surface area contributed by atoms with Crippen LogP contribution in [0.4, 0.5) is 24.5 Å².